The molecule has 4 nitrogen and oxygen atoms in total. The number of ether oxygens (including phenoxy) is 1. The molecule has 104 valence electrons. The van der Waals surface area contributed by atoms with Gasteiger partial charge in [-0.3, -0.25) is 4.79 Å². The molecule has 0 bridgehead atoms. The Morgan fingerprint density at radius 3 is 2.60 bits per heavy atom. The van der Waals surface area contributed by atoms with E-state index < -0.39 is 6.10 Å². The molecule has 0 heterocycles. The van der Waals surface area contributed by atoms with Crippen LogP contribution in [0.2, 0.25) is 5.02 Å². The molecule has 2 aromatic carbocycles. The lowest BCUT2D eigenvalue weighted by atomic mass is 10.1. The molecule has 0 aliphatic rings. The number of hydrogen-bond acceptors (Lipinski definition) is 3. The van der Waals surface area contributed by atoms with E-state index in [9.17, 15) is 4.79 Å². The first-order valence-corrected chi connectivity index (χ1v) is 6.43. The Labute approximate surface area is 122 Å². The molecule has 5 heteroatoms. The van der Waals surface area contributed by atoms with Crippen molar-refractivity contribution in [2.45, 2.75) is 6.10 Å². The number of nitrogens with two attached hydrogens (primary N) is 1. The molecule has 3 N–H and O–H groups in total. The van der Waals surface area contributed by atoms with Gasteiger partial charge in [0.05, 0.1) is 11.4 Å². The van der Waals surface area contributed by atoms with Crippen molar-refractivity contribution in [1.29, 1.82) is 0 Å². The molecule has 2 rings (SSSR count). The van der Waals surface area contributed by atoms with E-state index in [1.165, 1.54) is 7.11 Å². The minimum atomic E-state index is -0.699. The molecule has 0 saturated carbocycles. The molecule has 0 aliphatic carbocycles. The number of benzene rings is 2. The first kappa shape index (κ1) is 14.4. The van der Waals surface area contributed by atoms with E-state index in [0.717, 1.165) is 5.56 Å². The lowest BCUT2D eigenvalue weighted by molar-refractivity contribution is -0.126. The number of anilines is 2. The van der Waals surface area contributed by atoms with Gasteiger partial charge in [-0.1, -0.05) is 41.9 Å². The molecule has 1 amide bonds. The smallest absolute Gasteiger partial charge is 0.258 e. The van der Waals surface area contributed by atoms with E-state index in [-0.39, 0.29) is 5.91 Å². The number of rotatable bonds is 4. The fraction of sp³-hybridized carbons (Fsp3) is 0.133. The number of hydrogen-bond donors (Lipinski definition) is 2. The van der Waals surface area contributed by atoms with Crippen molar-refractivity contribution in [3.05, 3.63) is 59.1 Å². The van der Waals surface area contributed by atoms with Gasteiger partial charge in [-0.2, -0.15) is 0 Å². The van der Waals surface area contributed by atoms with E-state index in [0.29, 0.717) is 16.4 Å². The highest BCUT2D eigenvalue weighted by molar-refractivity contribution is 6.31. The Hall–Kier alpha value is -2.04. The number of methoxy groups -OCH3 is 1. The molecule has 0 spiro atoms. The lowest BCUT2D eigenvalue weighted by Gasteiger charge is -2.16. The summed E-state index contributed by atoms with van der Waals surface area (Å²) in [6.45, 7) is 0. The normalized spacial score (nSPS) is 11.9. The molecule has 1 unspecified atom stereocenters. The van der Waals surface area contributed by atoms with Crippen molar-refractivity contribution in [3.63, 3.8) is 0 Å². The number of nitrogen functional groups attached to an aromatic ring is 1. The Bertz CT molecular complexity index is 602. The maximum absolute atomic E-state index is 12.3. The molecule has 0 saturated heterocycles. The van der Waals surface area contributed by atoms with Gasteiger partial charge in [-0.25, -0.2) is 0 Å². The number of nitrogens with one attached hydrogen (secondary N) is 1. The van der Waals surface area contributed by atoms with Gasteiger partial charge in [0.2, 0.25) is 0 Å². The van der Waals surface area contributed by atoms with Gasteiger partial charge in [0.15, 0.2) is 6.10 Å². The van der Waals surface area contributed by atoms with Crippen molar-refractivity contribution in [1.82, 2.24) is 0 Å². The summed E-state index contributed by atoms with van der Waals surface area (Å²) < 4.78 is 5.25. The molecule has 0 aliphatic heterocycles. The molecule has 0 radical (unpaired) electrons. The second-order valence-electron chi connectivity index (χ2n) is 4.25. The van der Waals surface area contributed by atoms with E-state index in [4.69, 9.17) is 22.1 Å². The van der Waals surface area contributed by atoms with Crippen LogP contribution in [0.4, 0.5) is 11.4 Å². The van der Waals surface area contributed by atoms with E-state index in [1.54, 1.807) is 18.2 Å². The van der Waals surface area contributed by atoms with E-state index in [1.807, 2.05) is 30.3 Å². The highest BCUT2D eigenvalue weighted by atomic mass is 35.5. The summed E-state index contributed by atoms with van der Waals surface area (Å²) in [5.74, 6) is -0.298. The van der Waals surface area contributed by atoms with Crippen molar-refractivity contribution >= 4 is 28.9 Å². The van der Waals surface area contributed by atoms with Crippen LogP contribution >= 0.6 is 11.6 Å². The fourth-order valence-electron chi connectivity index (χ4n) is 1.86. The zero-order chi connectivity index (χ0) is 14.5. The quantitative estimate of drug-likeness (QED) is 0.850. The molecular formula is C15H15ClN2O2. The topological polar surface area (TPSA) is 64.3 Å². The molecule has 1 atom stereocenters. The third kappa shape index (κ3) is 3.29. The van der Waals surface area contributed by atoms with Gasteiger partial charge >= 0.3 is 0 Å². The average Bonchev–Trinajstić information content (AvgIpc) is 2.45. The van der Waals surface area contributed by atoms with Gasteiger partial charge < -0.3 is 15.8 Å². The monoisotopic (exact) mass is 290 g/mol. The van der Waals surface area contributed by atoms with Crippen LogP contribution in [0.3, 0.4) is 0 Å². The van der Waals surface area contributed by atoms with E-state index in [2.05, 4.69) is 5.32 Å². The third-order valence-corrected chi connectivity index (χ3v) is 3.08. The summed E-state index contributed by atoms with van der Waals surface area (Å²) in [6.07, 6.45) is -0.699. The van der Waals surface area contributed by atoms with Crippen LogP contribution in [0.1, 0.15) is 11.7 Å². The fourth-order valence-corrected chi connectivity index (χ4v) is 2.03. The van der Waals surface area contributed by atoms with Crippen LogP contribution in [0.25, 0.3) is 0 Å². The van der Waals surface area contributed by atoms with Gasteiger partial charge in [-0.15, -0.1) is 0 Å². The minimum absolute atomic E-state index is 0.298. The Balaban J connectivity index is 2.20. The Kier molecular flexibility index (Phi) is 4.61. The molecule has 2 aromatic rings. The maximum Gasteiger partial charge on any atom is 0.258 e. The van der Waals surface area contributed by atoms with Crippen LogP contribution in [0.5, 0.6) is 0 Å². The predicted molar refractivity (Wildman–Crippen MR) is 80.7 cm³/mol. The van der Waals surface area contributed by atoms with Crippen molar-refractivity contribution < 1.29 is 9.53 Å². The van der Waals surface area contributed by atoms with Crippen molar-refractivity contribution in [2.24, 2.45) is 0 Å². The molecule has 0 aromatic heterocycles. The van der Waals surface area contributed by atoms with Gasteiger partial charge in [-0.05, 0) is 23.8 Å². The largest absolute Gasteiger partial charge is 0.397 e. The second-order valence-corrected chi connectivity index (χ2v) is 4.68. The summed E-state index contributed by atoms with van der Waals surface area (Å²) in [5, 5.41) is 3.23. The standard InChI is InChI=1S/C15H15ClN2O2/c1-20-14(10-5-3-2-4-6-10)15(19)18-13-9-11(16)7-8-12(13)17/h2-9,14H,17H2,1H3,(H,18,19). The highest BCUT2D eigenvalue weighted by Gasteiger charge is 2.20. The highest BCUT2D eigenvalue weighted by Crippen LogP contribution is 2.25. The molecule has 0 fully saturated rings. The number of amides is 1. The van der Waals surface area contributed by atoms with E-state index >= 15 is 0 Å². The second kappa shape index (κ2) is 6.41. The van der Waals surface area contributed by atoms with Crippen molar-refractivity contribution in [2.75, 3.05) is 18.2 Å². The predicted octanol–water partition coefficient (Wildman–Crippen LogP) is 3.25. The van der Waals surface area contributed by atoms with Crippen LogP contribution in [0.15, 0.2) is 48.5 Å². The zero-order valence-corrected chi connectivity index (χ0v) is 11.7. The van der Waals surface area contributed by atoms with Crippen LogP contribution in [-0.2, 0) is 9.53 Å². The number of halogens is 1. The number of carbonyl (C=O) groups is 1. The van der Waals surface area contributed by atoms with Crippen molar-refractivity contribution in [3.8, 4) is 0 Å². The summed E-state index contributed by atoms with van der Waals surface area (Å²) in [7, 11) is 1.48. The summed E-state index contributed by atoms with van der Waals surface area (Å²) in [6, 6.07) is 14.1. The van der Waals surface area contributed by atoms with Crippen LogP contribution in [0, 0.1) is 0 Å². The van der Waals surface area contributed by atoms with Gasteiger partial charge in [0, 0.05) is 12.1 Å². The van der Waals surface area contributed by atoms with Crippen LogP contribution in [-0.4, -0.2) is 13.0 Å². The summed E-state index contributed by atoms with van der Waals surface area (Å²) in [4.78, 5) is 12.3. The summed E-state index contributed by atoms with van der Waals surface area (Å²) in [5.41, 5.74) is 7.50. The third-order valence-electron chi connectivity index (χ3n) is 2.85. The number of carbonyl (C=O) groups excluding carboxylic acids is 1. The van der Waals surface area contributed by atoms with Gasteiger partial charge in [0.25, 0.3) is 5.91 Å². The molecular weight excluding hydrogens is 276 g/mol. The SMILES string of the molecule is COC(C(=O)Nc1cc(Cl)ccc1N)c1ccccc1. The Morgan fingerprint density at radius 2 is 1.95 bits per heavy atom. The van der Waals surface area contributed by atoms with Crippen LogP contribution < -0.4 is 11.1 Å². The zero-order valence-electron chi connectivity index (χ0n) is 11.0. The first-order valence-electron chi connectivity index (χ1n) is 6.05. The molecule has 20 heavy (non-hydrogen) atoms. The first-order chi connectivity index (χ1) is 9.61. The Morgan fingerprint density at radius 1 is 1.25 bits per heavy atom. The maximum atomic E-state index is 12.3. The summed E-state index contributed by atoms with van der Waals surface area (Å²) >= 11 is 5.89. The van der Waals surface area contributed by atoms with Gasteiger partial charge in [0.1, 0.15) is 0 Å². The minimum Gasteiger partial charge on any atom is -0.397 e. The average molecular weight is 291 g/mol. The lowest BCUT2D eigenvalue weighted by Crippen LogP contribution is -2.23.